The van der Waals surface area contributed by atoms with Crippen LogP contribution in [0.5, 0.6) is 0 Å². The number of rotatable bonds is 0. The third-order valence-corrected chi connectivity index (χ3v) is 1.95. The quantitative estimate of drug-likeness (QED) is 0.576. The van der Waals surface area contributed by atoms with Crippen molar-refractivity contribution in [2.24, 2.45) is 0 Å². The minimum absolute atomic E-state index is 0.795. The summed E-state index contributed by atoms with van der Waals surface area (Å²) in [5, 5.41) is 3.22. The Balaban J connectivity index is 0.000000396. The highest BCUT2D eigenvalue weighted by molar-refractivity contribution is 6.31. The van der Waals surface area contributed by atoms with Crippen molar-refractivity contribution < 1.29 is 0 Å². The van der Waals surface area contributed by atoms with Crippen LogP contribution in [-0.2, 0) is 0 Å². The predicted molar refractivity (Wildman–Crippen MR) is 60.3 cm³/mol. The maximum atomic E-state index is 5.82. The highest BCUT2D eigenvalue weighted by Crippen LogP contribution is 2.18. The van der Waals surface area contributed by atoms with Gasteiger partial charge in [-0.1, -0.05) is 55.8 Å². The first-order valence-corrected chi connectivity index (χ1v) is 4.88. The summed E-state index contributed by atoms with van der Waals surface area (Å²) in [5.41, 5.74) is 0. The van der Waals surface area contributed by atoms with Crippen molar-refractivity contribution in [2.45, 2.75) is 13.8 Å². The molecule has 0 unspecified atom stereocenters. The topological polar surface area (TPSA) is 0 Å². The first kappa shape index (κ1) is 10.1. The highest BCUT2D eigenvalue weighted by Gasteiger charge is 1.90. The molecule has 0 saturated heterocycles. The van der Waals surface area contributed by atoms with Crippen molar-refractivity contribution in [1.82, 2.24) is 0 Å². The summed E-state index contributed by atoms with van der Waals surface area (Å²) in [5.74, 6) is 0. The lowest BCUT2D eigenvalue weighted by atomic mass is 10.1. The molecule has 0 spiro atoms. The van der Waals surface area contributed by atoms with Crippen molar-refractivity contribution in [3.05, 3.63) is 47.5 Å². The number of fused-ring (bicyclic) bond motifs is 1. The molecule has 0 bridgehead atoms. The lowest BCUT2D eigenvalue weighted by molar-refractivity contribution is 1.50. The second-order valence-electron chi connectivity index (χ2n) is 2.49. The minimum Gasteiger partial charge on any atom is -0.0843 e. The van der Waals surface area contributed by atoms with Crippen LogP contribution in [0.15, 0.2) is 42.5 Å². The predicted octanol–water partition coefficient (Wildman–Crippen LogP) is 4.52. The zero-order chi connectivity index (χ0) is 9.68. The van der Waals surface area contributed by atoms with E-state index >= 15 is 0 Å². The molecule has 0 fully saturated rings. The molecule has 0 aliphatic heterocycles. The van der Waals surface area contributed by atoms with Gasteiger partial charge in [-0.15, -0.1) is 0 Å². The maximum Gasteiger partial charge on any atom is 0.0412 e. The van der Waals surface area contributed by atoms with Gasteiger partial charge in [0.1, 0.15) is 0 Å². The normalized spacial score (nSPS) is 9.15. The molecule has 1 heteroatoms. The number of halogens is 1. The fraction of sp³-hybridized carbons (Fsp3) is 0.167. The van der Waals surface area contributed by atoms with Crippen LogP contribution in [0.25, 0.3) is 10.8 Å². The summed E-state index contributed by atoms with van der Waals surface area (Å²) in [4.78, 5) is 0. The summed E-state index contributed by atoms with van der Waals surface area (Å²) < 4.78 is 0. The van der Waals surface area contributed by atoms with Gasteiger partial charge < -0.3 is 0 Å². The number of benzene rings is 2. The average molecular weight is 193 g/mol. The standard InChI is InChI=1S/C10H7Cl.C2H6/c11-10-6-5-8-3-1-2-4-9(8)7-10;1-2/h1-7H;1-2H3. The lowest BCUT2D eigenvalue weighted by Gasteiger charge is -1.95. The molecule has 2 aromatic rings. The Morgan fingerprint density at radius 2 is 1.46 bits per heavy atom. The smallest absolute Gasteiger partial charge is 0.0412 e. The second kappa shape index (κ2) is 4.88. The van der Waals surface area contributed by atoms with Crippen molar-refractivity contribution in [2.75, 3.05) is 0 Å². The van der Waals surface area contributed by atoms with Crippen LogP contribution < -0.4 is 0 Å². The van der Waals surface area contributed by atoms with Gasteiger partial charge in [-0.3, -0.25) is 0 Å². The minimum atomic E-state index is 0.795. The van der Waals surface area contributed by atoms with Gasteiger partial charge in [-0.25, -0.2) is 0 Å². The average Bonchev–Trinajstić information content (AvgIpc) is 2.21. The molecule has 68 valence electrons. The zero-order valence-corrected chi connectivity index (χ0v) is 8.68. The number of hydrogen-bond acceptors (Lipinski definition) is 0. The van der Waals surface area contributed by atoms with E-state index in [0.29, 0.717) is 0 Å². The molecule has 0 aliphatic rings. The second-order valence-corrected chi connectivity index (χ2v) is 2.93. The van der Waals surface area contributed by atoms with E-state index in [4.69, 9.17) is 11.6 Å². The molecule has 0 nitrogen and oxygen atoms in total. The molecule has 0 radical (unpaired) electrons. The Bertz CT molecular complexity index is 380. The number of hydrogen-bond donors (Lipinski definition) is 0. The van der Waals surface area contributed by atoms with E-state index < -0.39 is 0 Å². The van der Waals surface area contributed by atoms with E-state index in [9.17, 15) is 0 Å². The van der Waals surface area contributed by atoms with E-state index in [0.717, 1.165) is 5.02 Å². The summed E-state index contributed by atoms with van der Waals surface area (Å²) in [7, 11) is 0. The van der Waals surface area contributed by atoms with Gasteiger partial charge in [0.05, 0.1) is 0 Å². The van der Waals surface area contributed by atoms with Crippen LogP contribution in [0.4, 0.5) is 0 Å². The molecule has 0 aromatic heterocycles. The molecule has 0 saturated carbocycles. The van der Waals surface area contributed by atoms with Crippen molar-refractivity contribution in [3.8, 4) is 0 Å². The van der Waals surface area contributed by atoms with Crippen molar-refractivity contribution in [3.63, 3.8) is 0 Å². The third kappa shape index (κ3) is 2.46. The van der Waals surface area contributed by atoms with Crippen LogP contribution in [-0.4, -0.2) is 0 Å². The third-order valence-electron chi connectivity index (χ3n) is 1.71. The molecular formula is C12H13Cl. The van der Waals surface area contributed by atoms with Gasteiger partial charge in [0.25, 0.3) is 0 Å². The highest BCUT2D eigenvalue weighted by atomic mass is 35.5. The molecule has 13 heavy (non-hydrogen) atoms. The van der Waals surface area contributed by atoms with Gasteiger partial charge in [-0.05, 0) is 22.9 Å². The molecular weight excluding hydrogens is 180 g/mol. The van der Waals surface area contributed by atoms with Crippen LogP contribution in [0.1, 0.15) is 13.8 Å². The van der Waals surface area contributed by atoms with Gasteiger partial charge in [0.15, 0.2) is 0 Å². The Morgan fingerprint density at radius 1 is 0.846 bits per heavy atom. The van der Waals surface area contributed by atoms with Crippen molar-refractivity contribution >= 4 is 22.4 Å². The Labute approximate surface area is 84.2 Å². The first-order chi connectivity index (χ1) is 6.36. The lowest BCUT2D eigenvalue weighted by Crippen LogP contribution is -1.69. The van der Waals surface area contributed by atoms with E-state index in [1.807, 2.05) is 44.2 Å². The monoisotopic (exact) mass is 192 g/mol. The van der Waals surface area contributed by atoms with E-state index in [1.54, 1.807) is 0 Å². The Morgan fingerprint density at radius 3 is 2.15 bits per heavy atom. The fourth-order valence-electron chi connectivity index (χ4n) is 1.16. The Kier molecular flexibility index (Phi) is 3.78. The summed E-state index contributed by atoms with van der Waals surface area (Å²) in [6.07, 6.45) is 0. The summed E-state index contributed by atoms with van der Waals surface area (Å²) in [6, 6.07) is 14.1. The van der Waals surface area contributed by atoms with Crippen LogP contribution in [0, 0.1) is 0 Å². The molecule has 0 N–H and O–H groups in total. The molecule has 0 atom stereocenters. The van der Waals surface area contributed by atoms with Crippen LogP contribution >= 0.6 is 11.6 Å². The molecule has 0 amide bonds. The van der Waals surface area contributed by atoms with E-state index in [2.05, 4.69) is 12.1 Å². The fourth-order valence-corrected chi connectivity index (χ4v) is 1.34. The first-order valence-electron chi connectivity index (χ1n) is 4.50. The molecule has 0 heterocycles. The van der Waals surface area contributed by atoms with Crippen LogP contribution in [0.3, 0.4) is 0 Å². The van der Waals surface area contributed by atoms with Gasteiger partial charge in [0.2, 0.25) is 0 Å². The Hall–Kier alpha value is -1.01. The van der Waals surface area contributed by atoms with Gasteiger partial charge in [0, 0.05) is 5.02 Å². The van der Waals surface area contributed by atoms with Crippen LogP contribution in [0.2, 0.25) is 5.02 Å². The SMILES string of the molecule is CC.Clc1ccc2ccccc2c1. The zero-order valence-electron chi connectivity index (χ0n) is 7.92. The van der Waals surface area contributed by atoms with E-state index in [-0.39, 0.29) is 0 Å². The summed E-state index contributed by atoms with van der Waals surface area (Å²) >= 11 is 5.82. The maximum absolute atomic E-state index is 5.82. The van der Waals surface area contributed by atoms with Gasteiger partial charge >= 0.3 is 0 Å². The van der Waals surface area contributed by atoms with Crippen molar-refractivity contribution in [1.29, 1.82) is 0 Å². The largest absolute Gasteiger partial charge is 0.0843 e. The summed E-state index contributed by atoms with van der Waals surface area (Å²) in [6.45, 7) is 4.00. The van der Waals surface area contributed by atoms with Gasteiger partial charge in [-0.2, -0.15) is 0 Å². The van der Waals surface area contributed by atoms with E-state index in [1.165, 1.54) is 10.8 Å². The molecule has 2 rings (SSSR count). The molecule has 0 aliphatic carbocycles. The molecule has 2 aromatic carbocycles.